The van der Waals surface area contributed by atoms with Crippen LogP contribution in [0.25, 0.3) is 22.2 Å². The number of fused-ring (bicyclic) bond motifs is 5. The Hall–Kier alpha value is -4.06. The number of carbonyl (C=O) groups excluding carboxylic acids is 1. The second-order valence-electron chi connectivity index (χ2n) is 9.75. The van der Waals surface area contributed by atoms with Gasteiger partial charge in [-0.15, -0.1) is 0 Å². The lowest BCUT2D eigenvalue weighted by Crippen LogP contribution is -2.36. The molecule has 6 rings (SSSR count). The van der Waals surface area contributed by atoms with Crippen molar-refractivity contribution in [1.82, 2.24) is 4.57 Å². The largest absolute Gasteiger partial charge is 0.478 e. The van der Waals surface area contributed by atoms with E-state index in [1.54, 1.807) is 12.1 Å². The standard InChI is InChI=1S/C30H29N3O3/c34-29(35)21-15-16-23-26(19-21)32-17-18-33(30(36)31-22-11-5-2-6-12-22)25-14-8-7-13-24(25)28(32)27(23)20-9-3-1-4-10-20/h2,5-8,11-16,19-20H,1,3-4,9-10,17-18H2,(H,31,36)(H,34,35). The first kappa shape index (κ1) is 22.4. The maximum absolute atomic E-state index is 13.5. The van der Waals surface area contributed by atoms with Gasteiger partial charge < -0.3 is 15.0 Å². The highest BCUT2D eigenvalue weighted by Crippen LogP contribution is 2.47. The Morgan fingerprint density at radius 2 is 1.61 bits per heavy atom. The molecular formula is C30H29N3O3. The SMILES string of the molecule is O=C(O)c1ccc2c(C3CCCCC3)c3n(c2c1)CCN(C(=O)Nc1ccccc1)c1ccccc1-3. The number of carbonyl (C=O) groups is 2. The average molecular weight is 480 g/mol. The van der Waals surface area contributed by atoms with Crippen LogP contribution in [0.5, 0.6) is 0 Å². The molecule has 1 saturated carbocycles. The maximum atomic E-state index is 13.5. The molecule has 6 nitrogen and oxygen atoms in total. The van der Waals surface area contributed by atoms with Crippen LogP contribution >= 0.6 is 0 Å². The number of amides is 2. The number of anilines is 2. The Balaban J connectivity index is 1.53. The number of aromatic carboxylic acids is 1. The number of hydrogen-bond acceptors (Lipinski definition) is 2. The summed E-state index contributed by atoms with van der Waals surface area (Å²) in [6.45, 7) is 1.06. The van der Waals surface area contributed by atoms with Crippen molar-refractivity contribution in [1.29, 1.82) is 0 Å². The Morgan fingerprint density at radius 3 is 2.39 bits per heavy atom. The average Bonchev–Trinajstić information content (AvgIpc) is 3.13. The van der Waals surface area contributed by atoms with Gasteiger partial charge in [0, 0.05) is 35.2 Å². The van der Waals surface area contributed by atoms with E-state index in [1.165, 1.54) is 24.8 Å². The summed E-state index contributed by atoms with van der Waals surface area (Å²) in [5.41, 5.74) is 6.31. The fourth-order valence-electron chi connectivity index (χ4n) is 5.99. The molecule has 0 saturated heterocycles. The van der Waals surface area contributed by atoms with Gasteiger partial charge in [-0.25, -0.2) is 9.59 Å². The van der Waals surface area contributed by atoms with Crippen LogP contribution in [0.3, 0.4) is 0 Å². The van der Waals surface area contributed by atoms with Gasteiger partial charge in [-0.2, -0.15) is 0 Å². The van der Waals surface area contributed by atoms with E-state index < -0.39 is 5.97 Å². The van der Waals surface area contributed by atoms with Gasteiger partial charge in [-0.1, -0.05) is 61.7 Å². The molecule has 3 aromatic carbocycles. The van der Waals surface area contributed by atoms with E-state index in [0.717, 1.165) is 46.4 Å². The molecule has 1 aromatic heterocycles. The first-order valence-corrected chi connectivity index (χ1v) is 12.7. The van der Waals surface area contributed by atoms with Gasteiger partial charge in [0.2, 0.25) is 0 Å². The fraction of sp³-hybridized carbons (Fsp3) is 0.267. The highest BCUT2D eigenvalue weighted by atomic mass is 16.4. The van der Waals surface area contributed by atoms with Gasteiger partial charge in [0.05, 0.1) is 16.9 Å². The minimum absolute atomic E-state index is 0.172. The summed E-state index contributed by atoms with van der Waals surface area (Å²) in [4.78, 5) is 27.1. The van der Waals surface area contributed by atoms with E-state index in [1.807, 2.05) is 59.5 Å². The first-order valence-electron chi connectivity index (χ1n) is 12.7. The number of urea groups is 1. The minimum atomic E-state index is -0.926. The van der Waals surface area contributed by atoms with Gasteiger partial charge in [0.15, 0.2) is 0 Å². The van der Waals surface area contributed by atoms with E-state index in [-0.39, 0.29) is 11.6 Å². The van der Waals surface area contributed by atoms with E-state index in [4.69, 9.17) is 0 Å². The Labute approximate surface area is 210 Å². The third kappa shape index (κ3) is 3.83. The molecule has 36 heavy (non-hydrogen) atoms. The summed E-state index contributed by atoms with van der Waals surface area (Å²) < 4.78 is 2.25. The van der Waals surface area contributed by atoms with Crippen LogP contribution < -0.4 is 10.2 Å². The zero-order valence-corrected chi connectivity index (χ0v) is 20.1. The van der Waals surface area contributed by atoms with Gasteiger partial charge in [0.1, 0.15) is 0 Å². The molecule has 0 spiro atoms. The van der Waals surface area contributed by atoms with E-state index in [2.05, 4.69) is 16.0 Å². The van der Waals surface area contributed by atoms with E-state index >= 15 is 0 Å². The highest BCUT2D eigenvalue weighted by Gasteiger charge is 2.32. The molecule has 2 amide bonds. The lowest BCUT2D eigenvalue weighted by atomic mass is 9.81. The molecule has 1 fully saturated rings. The molecule has 1 aliphatic heterocycles. The molecule has 4 aromatic rings. The van der Waals surface area contributed by atoms with Crippen LogP contribution in [0.2, 0.25) is 0 Å². The first-order chi connectivity index (χ1) is 17.6. The van der Waals surface area contributed by atoms with Gasteiger partial charge in [-0.05, 0) is 54.7 Å². The van der Waals surface area contributed by atoms with Crippen LogP contribution in [0, 0.1) is 0 Å². The Kier molecular flexibility index (Phi) is 5.72. The molecule has 2 aliphatic rings. The van der Waals surface area contributed by atoms with Crippen molar-refractivity contribution >= 4 is 34.3 Å². The number of hydrogen-bond donors (Lipinski definition) is 2. The number of benzene rings is 3. The Bertz CT molecular complexity index is 1450. The van der Waals surface area contributed by atoms with Gasteiger partial charge in [0.25, 0.3) is 0 Å². The molecule has 2 N–H and O–H groups in total. The van der Waals surface area contributed by atoms with Crippen molar-refractivity contribution in [2.45, 2.75) is 44.6 Å². The molecule has 0 unspecified atom stereocenters. The molecule has 0 bridgehead atoms. The normalized spacial score (nSPS) is 15.7. The molecule has 2 heterocycles. The third-order valence-corrected chi connectivity index (χ3v) is 7.63. The van der Waals surface area contributed by atoms with Crippen molar-refractivity contribution in [2.75, 3.05) is 16.8 Å². The fourth-order valence-corrected chi connectivity index (χ4v) is 5.99. The quantitative estimate of drug-likeness (QED) is 0.329. The van der Waals surface area contributed by atoms with E-state index in [9.17, 15) is 14.7 Å². The molecule has 182 valence electrons. The number of nitrogens with one attached hydrogen (secondary N) is 1. The van der Waals surface area contributed by atoms with E-state index in [0.29, 0.717) is 19.0 Å². The zero-order chi connectivity index (χ0) is 24.6. The van der Waals surface area contributed by atoms with Crippen molar-refractivity contribution in [3.63, 3.8) is 0 Å². The molecule has 1 aliphatic carbocycles. The monoisotopic (exact) mass is 479 g/mol. The van der Waals surface area contributed by atoms with Gasteiger partial charge in [-0.3, -0.25) is 4.90 Å². The molecule has 6 heteroatoms. The van der Waals surface area contributed by atoms with Crippen LogP contribution in [0.1, 0.15) is 53.9 Å². The predicted molar refractivity (Wildman–Crippen MR) is 143 cm³/mol. The minimum Gasteiger partial charge on any atom is -0.478 e. The summed E-state index contributed by atoms with van der Waals surface area (Å²) >= 11 is 0. The summed E-state index contributed by atoms with van der Waals surface area (Å²) in [6.07, 6.45) is 5.94. The number of nitrogens with zero attached hydrogens (tertiary/aromatic N) is 2. The summed E-state index contributed by atoms with van der Waals surface area (Å²) in [6, 6.07) is 22.9. The molecular weight excluding hydrogens is 450 g/mol. The number of rotatable bonds is 3. The number of carboxylic acid groups (broad SMARTS) is 1. The lowest BCUT2D eigenvalue weighted by Gasteiger charge is -2.25. The molecule has 0 radical (unpaired) electrons. The summed E-state index contributed by atoms with van der Waals surface area (Å²) in [5, 5.41) is 13.9. The zero-order valence-electron chi connectivity index (χ0n) is 20.1. The number of aromatic nitrogens is 1. The maximum Gasteiger partial charge on any atom is 0.335 e. The Morgan fingerprint density at radius 1 is 0.861 bits per heavy atom. The van der Waals surface area contributed by atoms with Gasteiger partial charge >= 0.3 is 12.0 Å². The van der Waals surface area contributed by atoms with Crippen molar-refractivity contribution < 1.29 is 14.7 Å². The van der Waals surface area contributed by atoms with Crippen molar-refractivity contribution in [2.24, 2.45) is 0 Å². The number of carboxylic acids is 1. The topological polar surface area (TPSA) is 74.6 Å². The van der Waals surface area contributed by atoms with Crippen molar-refractivity contribution in [3.05, 3.63) is 83.9 Å². The lowest BCUT2D eigenvalue weighted by molar-refractivity contribution is 0.0697. The summed E-state index contributed by atoms with van der Waals surface area (Å²) in [7, 11) is 0. The van der Waals surface area contributed by atoms with Crippen LogP contribution in [-0.2, 0) is 6.54 Å². The number of para-hydroxylation sites is 2. The van der Waals surface area contributed by atoms with Crippen LogP contribution in [-0.4, -0.2) is 28.2 Å². The smallest absolute Gasteiger partial charge is 0.335 e. The summed E-state index contributed by atoms with van der Waals surface area (Å²) in [5.74, 6) is -0.504. The second-order valence-corrected chi connectivity index (χ2v) is 9.75. The molecule has 0 atom stereocenters. The van der Waals surface area contributed by atoms with Crippen molar-refractivity contribution in [3.8, 4) is 11.3 Å². The van der Waals surface area contributed by atoms with Crippen LogP contribution in [0.4, 0.5) is 16.2 Å². The third-order valence-electron chi connectivity index (χ3n) is 7.63. The second kappa shape index (κ2) is 9.19. The van der Waals surface area contributed by atoms with Crippen LogP contribution in [0.15, 0.2) is 72.8 Å². The highest BCUT2D eigenvalue weighted by molar-refractivity contribution is 6.06. The predicted octanol–water partition coefficient (Wildman–Crippen LogP) is 7.11.